The van der Waals surface area contributed by atoms with Gasteiger partial charge in [0.2, 0.25) is 0 Å². The summed E-state index contributed by atoms with van der Waals surface area (Å²) in [6, 6.07) is 17.3. The van der Waals surface area contributed by atoms with Gasteiger partial charge in [0, 0.05) is 37.4 Å². The van der Waals surface area contributed by atoms with Crippen LogP contribution in [0.25, 0.3) is 11.3 Å². The molecule has 0 aliphatic carbocycles. The highest BCUT2D eigenvalue weighted by atomic mass is 16.5. The van der Waals surface area contributed by atoms with E-state index in [-0.39, 0.29) is 6.03 Å². The summed E-state index contributed by atoms with van der Waals surface area (Å²) in [6.07, 6.45) is 0.876. The predicted octanol–water partition coefficient (Wildman–Crippen LogP) is 4.08. The van der Waals surface area contributed by atoms with Gasteiger partial charge < -0.3 is 24.6 Å². The molecule has 1 aliphatic heterocycles. The van der Waals surface area contributed by atoms with Crippen molar-refractivity contribution >= 4 is 17.5 Å². The Hall–Kier alpha value is -3.81. The number of hydrogen-bond donors (Lipinski definition) is 1. The summed E-state index contributed by atoms with van der Waals surface area (Å²) in [4.78, 5) is 16.7. The molecular formula is C25H29N5O3. The number of ether oxygens (including phenoxy) is 2. The summed E-state index contributed by atoms with van der Waals surface area (Å²) in [5, 5.41) is 11.9. The van der Waals surface area contributed by atoms with Crippen molar-refractivity contribution in [1.82, 2.24) is 15.1 Å². The minimum Gasteiger partial charge on any atom is -0.497 e. The number of piperazine rings is 1. The van der Waals surface area contributed by atoms with Gasteiger partial charge in [0.25, 0.3) is 0 Å². The summed E-state index contributed by atoms with van der Waals surface area (Å²) >= 11 is 0. The highest BCUT2D eigenvalue weighted by Crippen LogP contribution is 2.32. The Morgan fingerprint density at radius 1 is 0.970 bits per heavy atom. The molecule has 1 fully saturated rings. The van der Waals surface area contributed by atoms with Crippen LogP contribution in [0, 0.1) is 0 Å². The van der Waals surface area contributed by atoms with Crippen LogP contribution in [0.5, 0.6) is 11.5 Å². The van der Waals surface area contributed by atoms with Gasteiger partial charge in [-0.2, -0.15) is 0 Å². The number of para-hydroxylation sites is 1. The number of nitrogens with one attached hydrogen (secondary N) is 1. The lowest BCUT2D eigenvalue weighted by atomic mass is 10.1. The third-order valence-corrected chi connectivity index (χ3v) is 5.86. The first-order chi connectivity index (χ1) is 16.1. The van der Waals surface area contributed by atoms with E-state index in [2.05, 4.69) is 27.3 Å². The lowest BCUT2D eigenvalue weighted by Crippen LogP contribution is -2.50. The molecule has 1 aromatic heterocycles. The number of nitrogens with zero attached hydrogens (tertiary/aromatic N) is 4. The van der Waals surface area contributed by atoms with Crippen molar-refractivity contribution < 1.29 is 14.3 Å². The number of carbonyl (C=O) groups is 1. The summed E-state index contributed by atoms with van der Waals surface area (Å²) < 4.78 is 10.8. The molecule has 8 heteroatoms. The van der Waals surface area contributed by atoms with Gasteiger partial charge in [0.05, 0.1) is 19.9 Å². The van der Waals surface area contributed by atoms with E-state index in [1.807, 2.05) is 59.5 Å². The van der Waals surface area contributed by atoms with Crippen molar-refractivity contribution in [2.75, 3.05) is 50.6 Å². The molecule has 2 heterocycles. The number of methoxy groups -OCH3 is 2. The standard InChI is InChI=1S/C25H29N5O3/c1-4-18-7-5-6-8-21(18)26-25(31)30-15-13-29(14-16-30)24-12-10-22(27-28-24)20-17-19(32-2)9-11-23(20)33-3/h5-12,17H,4,13-16H2,1-3H3,(H,26,31). The molecule has 0 radical (unpaired) electrons. The van der Waals surface area contributed by atoms with Gasteiger partial charge in [-0.05, 0) is 48.4 Å². The average Bonchev–Trinajstić information content (AvgIpc) is 2.88. The number of amides is 2. The van der Waals surface area contributed by atoms with Crippen molar-refractivity contribution in [3.63, 3.8) is 0 Å². The van der Waals surface area contributed by atoms with Gasteiger partial charge in [-0.3, -0.25) is 0 Å². The Balaban J connectivity index is 1.39. The highest BCUT2D eigenvalue weighted by molar-refractivity contribution is 5.90. The molecule has 0 saturated carbocycles. The number of urea groups is 1. The molecule has 33 heavy (non-hydrogen) atoms. The van der Waals surface area contributed by atoms with E-state index in [0.29, 0.717) is 37.6 Å². The third-order valence-electron chi connectivity index (χ3n) is 5.86. The number of hydrogen-bond acceptors (Lipinski definition) is 6. The van der Waals surface area contributed by atoms with Crippen LogP contribution in [-0.2, 0) is 6.42 Å². The predicted molar refractivity (Wildman–Crippen MR) is 129 cm³/mol. The Morgan fingerprint density at radius 2 is 1.76 bits per heavy atom. The fourth-order valence-electron chi connectivity index (χ4n) is 3.94. The molecule has 0 unspecified atom stereocenters. The zero-order valence-corrected chi connectivity index (χ0v) is 19.2. The zero-order valence-electron chi connectivity index (χ0n) is 19.2. The van der Waals surface area contributed by atoms with E-state index in [1.54, 1.807) is 14.2 Å². The maximum atomic E-state index is 12.7. The number of anilines is 2. The molecule has 172 valence electrons. The van der Waals surface area contributed by atoms with E-state index < -0.39 is 0 Å². The molecule has 3 aromatic rings. The molecule has 2 amide bonds. The van der Waals surface area contributed by atoms with Crippen molar-refractivity contribution in [1.29, 1.82) is 0 Å². The summed E-state index contributed by atoms with van der Waals surface area (Å²) in [7, 11) is 3.26. The molecule has 1 aliphatic rings. The molecule has 8 nitrogen and oxygen atoms in total. The first kappa shape index (κ1) is 22.4. The van der Waals surface area contributed by atoms with Gasteiger partial charge in [-0.1, -0.05) is 25.1 Å². The molecule has 1 N–H and O–H groups in total. The average molecular weight is 448 g/mol. The van der Waals surface area contributed by atoms with Crippen LogP contribution in [0.3, 0.4) is 0 Å². The van der Waals surface area contributed by atoms with E-state index >= 15 is 0 Å². The smallest absolute Gasteiger partial charge is 0.321 e. The van der Waals surface area contributed by atoms with Gasteiger partial charge in [0.15, 0.2) is 5.82 Å². The van der Waals surface area contributed by atoms with E-state index in [0.717, 1.165) is 34.8 Å². The number of aryl methyl sites for hydroxylation is 1. The largest absolute Gasteiger partial charge is 0.497 e. The second-order valence-corrected chi connectivity index (χ2v) is 7.76. The summed E-state index contributed by atoms with van der Waals surface area (Å²) in [5.41, 5.74) is 3.54. The lowest BCUT2D eigenvalue weighted by Gasteiger charge is -2.35. The van der Waals surface area contributed by atoms with Crippen LogP contribution in [-0.4, -0.2) is 61.5 Å². The van der Waals surface area contributed by atoms with E-state index in [4.69, 9.17) is 9.47 Å². The maximum Gasteiger partial charge on any atom is 0.321 e. The van der Waals surface area contributed by atoms with Crippen molar-refractivity contribution in [3.8, 4) is 22.8 Å². The molecule has 0 bridgehead atoms. The van der Waals surface area contributed by atoms with Crippen LogP contribution >= 0.6 is 0 Å². The van der Waals surface area contributed by atoms with E-state index in [1.165, 1.54) is 0 Å². The quantitative estimate of drug-likeness (QED) is 0.613. The van der Waals surface area contributed by atoms with Gasteiger partial charge in [0.1, 0.15) is 11.5 Å². The molecule has 1 saturated heterocycles. The summed E-state index contributed by atoms with van der Waals surface area (Å²) in [6.45, 7) is 4.71. The minimum absolute atomic E-state index is 0.0675. The first-order valence-corrected chi connectivity index (χ1v) is 11.1. The number of carbonyl (C=O) groups excluding carboxylic acids is 1. The van der Waals surface area contributed by atoms with Crippen molar-refractivity contribution in [3.05, 3.63) is 60.2 Å². The minimum atomic E-state index is -0.0675. The molecular weight excluding hydrogens is 418 g/mol. The van der Waals surface area contributed by atoms with Gasteiger partial charge in [-0.25, -0.2) is 4.79 Å². The SMILES string of the molecule is CCc1ccccc1NC(=O)N1CCN(c2ccc(-c3cc(OC)ccc3OC)nn2)CC1. The zero-order chi connectivity index (χ0) is 23.2. The molecule has 0 atom stereocenters. The fraction of sp³-hybridized carbons (Fsp3) is 0.320. The van der Waals surface area contributed by atoms with Crippen LogP contribution in [0.15, 0.2) is 54.6 Å². The summed E-state index contributed by atoms with van der Waals surface area (Å²) in [5.74, 6) is 2.23. The second-order valence-electron chi connectivity index (χ2n) is 7.76. The molecule has 4 rings (SSSR count). The maximum absolute atomic E-state index is 12.7. The normalized spacial score (nSPS) is 13.5. The second kappa shape index (κ2) is 10.2. The van der Waals surface area contributed by atoms with Crippen molar-refractivity contribution in [2.45, 2.75) is 13.3 Å². The first-order valence-electron chi connectivity index (χ1n) is 11.1. The number of rotatable bonds is 6. The monoisotopic (exact) mass is 447 g/mol. The van der Waals surface area contributed by atoms with E-state index in [9.17, 15) is 4.79 Å². The van der Waals surface area contributed by atoms with Gasteiger partial charge >= 0.3 is 6.03 Å². The topological polar surface area (TPSA) is 79.8 Å². The fourth-order valence-corrected chi connectivity index (χ4v) is 3.94. The highest BCUT2D eigenvalue weighted by Gasteiger charge is 2.23. The van der Waals surface area contributed by atoms with Gasteiger partial charge in [-0.15, -0.1) is 10.2 Å². The molecule has 2 aromatic carbocycles. The number of aromatic nitrogens is 2. The van der Waals surface area contributed by atoms with Crippen LogP contribution < -0.4 is 19.7 Å². The van der Waals surface area contributed by atoms with Crippen LogP contribution in [0.4, 0.5) is 16.3 Å². The van der Waals surface area contributed by atoms with Crippen LogP contribution in [0.2, 0.25) is 0 Å². The Labute approximate surface area is 194 Å². The van der Waals surface area contributed by atoms with Crippen LogP contribution in [0.1, 0.15) is 12.5 Å². The molecule has 0 spiro atoms. The Bertz CT molecular complexity index is 1100. The van der Waals surface area contributed by atoms with Crippen molar-refractivity contribution in [2.24, 2.45) is 0 Å². The third kappa shape index (κ3) is 5.00. The Morgan fingerprint density at radius 3 is 2.42 bits per heavy atom. The lowest BCUT2D eigenvalue weighted by molar-refractivity contribution is 0.208. The number of benzene rings is 2. The Kier molecular flexibility index (Phi) is 6.92.